The minimum absolute atomic E-state index is 0.0385. The smallest absolute Gasteiger partial charge is 0.377 e. The number of morpholine rings is 1. The van der Waals surface area contributed by atoms with Crippen LogP contribution in [0.2, 0.25) is 0 Å². The number of rotatable bonds is 3. The molecule has 3 fully saturated rings. The molecule has 3 rings (SSSR count). The average molecular weight is 364 g/mol. The topological polar surface area (TPSA) is 50.8 Å². The van der Waals surface area contributed by atoms with Gasteiger partial charge in [-0.15, -0.1) is 0 Å². The number of carbonyl (C=O) groups is 1. The fourth-order valence-electron chi connectivity index (χ4n) is 4.27. The van der Waals surface area contributed by atoms with Crippen molar-refractivity contribution in [3.05, 3.63) is 0 Å². The molecule has 0 bridgehead atoms. The predicted molar refractivity (Wildman–Crippen MR) is 85.2 cm³/mol. The van der Waals surface area contributed by atoms with Crippen LogP contribution < -0.4 is 5.32 Å². The third kappa shape index (κ3) is 5.00. The maximum Gasteiger partial charge on any atom is 0.389 e. The second kappa shape index (κ2) is 8.12. The van der Waals surface area contributed by atoms with Crippen molar-refractivity contribution in [3.8, 4) is 0 Å². The molecule has 3 aliphatic rings. The molecule has 0 aromatic heterocycles. The van der Waals surface area contributed by atoms with E-state index in [1.807, 2.05) is 0 Å². The highest BCUT2D eigenvalue weighted by Gasteiger charge is 2.40. The van der Waals surface area contributed by atoms with E-state index in [0.717, 1.165) is 25.7 Å². The van der Waals surface area contributed by atoms with Gasteiger partial charge in [0, 0.05) is 25.6 Å². The van der Waals surface area contributed by atoms with Crippen LogP contribution in [0, 0.1) is 5.92 Å². The number of ether oxygens (including phenoxy) is 2. The number of hydrogen-bond donors (Lipinski definition) is 1. The minimum atomic E-state index is -4.19. The fourth-order valence-corrected chi connectivity index (χ4v) is 4.27. The number of halogens is 3. The second-order valence-corrected chi connectivity index (χ2v) is 7.31. The molecule has 0 radical (unpaired) electrons. The molecule has 2 unspecified atom stereocenters. The highest BCUT2D eigenvalue weighted by Crippen LogP contribution is 2.34. The maximum absolute atomic E-state index is 12.8. The first-order chi connectivity index (χ1) is 11.9. The number of carbonyl (C=O) groups excluding carboxylic acids is 1. The molecule has 144 valence electrons. The first-order valence-corrected chi connectivity index (χ1v) is 9.27. The van der Waals surface area contributed by atoms with Crippen LogP contribution in [0.15, 0.2) is 0 Å². The van der Waals surface area contributed by atoms with Crippen LogP contribution in [0.25, 0.3) is 0 Å². The summed E-state index contributed by atoms with van der Waals surface area (Å²) in [4.78, 5) is 14.5. The average Bonchev–Trinajstić information content (AvgIpc) is 3.10. The molecular weight excluding hydrogens is 337 g/mol. The number of urea groups is 1. The lowest BCUT2D eigenvalue weighted by Gasteiger charge is -2.40. The third-order valence-electron chi connectivity index (χ3n) is 5.53. The van der Waals surface area contributed by atoms with Crippen LogP contribution >= 0.6 is 0 Å². The Kier molecular flexibility index (Phi) is 6.09. The van der Waals surface area contributed by atoms with Gasteiger partial charge in [0.05, 0.1) is 25.4 Å². The fraction of sp³-hybridized carbons (Fsp3) is 0.941. The van der Waals surface area contributed by atoms with Crippen molar-refractivity contribution in [2.75, 3.05) is 26.4 Å². The van der Waals surface area contributed by atoms with E-state index < -0.39 is 24.6 Å². The first kappa shape index (κ1) is 18.8. The van der Waals surface area contributed by atoms with Crippen LogP contribution in [0.1, 0.15) is 44.9 Å². The zero-order valence-electron chi connectivity index (χ0n) is 14.4. The van der Waals surface area contributed by atoms with Crippen molar-refractivity contribution in [1.29, 1.82) is 0 Å². The van der Waals surface area contributed by atoms with Gasteiger partial charge in [0.15, 0.2) is 0 Å². The van der Waals surface area contributed by atoms with Crippen LogP contribution in [-0.4, -0.2) is 61.7 Å². The summed E-state index contributed by atoms with van der Waals surface area (Å²) in [7, 11) is 0. The van der Waals surface area contributed by atoms with Gasteiger partial charge in [-0.2, -0.15) is 13.2 Å². The van der Waals surface area contributed by atoms with Crippen molar-refractivity contribution in [2.24, 2.45) is 5.92 Å². The van der Waals surface area contributed by atoms with Crippen molar-refractivity contribution >= 4 is 6.03 Å². The lowest BCUT2D eigenvalue weighted by atomic mass is 9.82. The van der Waals surface area contributed by atoms with Gasteiger partial charge >= 0.3 is 12.2 Å². The largest absolute Gasteiger partial charge is 0.389 e. The summed E-state index contributed by atoms with van der Waals surface area (Å²) in [5.74, 6) is -0.528. The molecule has 2 amide bonds. The van der Waals surface area contributed by atoms with Gasteiger partial charge in [0.1, 0.15) is 0 Å². The van der Waals surface area contributed by atoms with Gasteiger partial charge in [-0.25, -0.2) is 4.79 Å². The van der Waals surface area contributed by atoms with Crippen molar-refractivity contribution < 1.29 is 27.4 Å². The van der Waals surface area contributed by atoms with Crippen molar-refractivity contribution in [1.82, 2.24) is 10.2 Å². The van der Waals surface area contributed by atoms with Gasteiger partial charge in [-0.3, -0.25) is 0 Å². The second-order valence-electron chi connectivity index (χ2n) is 7.31. The summed E-state index contributed by atoms with van der Waals surface area (Å²) >= 11 is 0. The first-order valence-electron chi connectivity index (χ1n) is 9.27. The SMILES string of the molecule is O=C(N[C@H]1CCCC[C@H]1CC(F)(F)F)N1CCOCC1C1CCCO1. The Bertz CT molecular complexity index is 455. The third-order valence-corrected chi connectivity index (χ3v) is 5.53. The Labute approximate surface area is 146 Å². The van der Waals surface area contributed by atoms with E-state index >= 15 is 0 Å². The molecule has 0 aromatic rings. The summed E-state index contributed by atoms with van der Waals surface area (Å²) in [6, 6.07) is -0.834. The molecule has 1 N–H and O–H groups in total. The molecule has 0 aromatic carbocycles. The summed E-state index contributed by atoms with van der Waals surface area (Å²) < 4.78 is 49.6. The molecule has 1 aliphatic carbocycles. The van der Waals surface area contributed by atoms with Crippen molar-refractivity contribution in [3.63, 3.8) is 0 Å². The highest BCUT2D eigenvalue weighted by molar-refractivity contribution is 5.75. The molecule has 8 heteroatoms. The van der Waals surface area contributed by atoms with E-state index in [4.69, 9.17) is 9.47 Å². The monoisotopic (exact) mass is 364 g/mol. The molecule has 1 saturated carbocycles. The van der Waals surface area contributed by atoms with Crippen LogP contribution in [0.5, 0.6) is 0 Å². The Morgan fingerprint density at radius 3 is 2.64 bits per heavy atom. The molecule has 25 heavy (non-hydrogen) atoms. The standard InChI is InChI=1S/C17H27F3N2O3/c18-17(19,20)10-12-4-1-2-5-13(12)21-16(23)22-7-9-24-11-14(22)15-6-3-8-25-15/h12-15H,1-11H2,(H,21,23)/t12-,13-,14?,15?/m0/s1. The van der Waals surface area contributed by atoms with E-state index in [1.54, 1.807) is 4.90 Å². The zero-order chi connectivity index (χ0) is 17.9. The summed E-state index contributed by atoms with van der Waals surface area (Å²) in [5.41, 5.74) is 0. The van der Waals surface area contributed by atoms with E-state index in [2.05, 4.69) is 5.32 Å². The Morgan fingerprint density at radius 2 is 1.92 bits per heavy atom. The quantitative estimate of drug-likeness (QED) is 0.837. The van der Waals surface area contributed by atoms with E-state index in [9.17, 15) is 18.0 Å². The van der Waals surface area contributed by atoms with Crippen LogP contribution in [-0.2, 0) is 9.47 Å². The van der Waals surface area contributed by atoms with Gasteiger partial charge in [0.25, 0.3) is 0 Å². The zero-order valence-corrected chi connectivity index (χ0v) is 14.4. The molecule has 4 atom stereocenters. The van der Waals surface area contributed by atoms with Gasteiger partial charge < -0.3 is 19.7 Å². The predicted octanol–water partition coefficient (Wildman–Crippen LogP) is 3.09. The number of nitrogens with zero attached hydrogens (tertiary/aromatic N) is 1. The van der Waals surface area contributed by atoms with Crippen molar-refractivity contribution in [2.45, 2.75) is 69.3 Å². The number of hydrogen-bond acceptors (Lipinski definition) is 3. The van der Waals surface area contributed by atoms with Gasteiger partial charge in [-0.05, 0) is 31.6 Å². The van der Waals surface area contributed by atoms with E-state index in [1.165, 1.54) is 0 Å². The van der Waals surface area contributed by atoms with E-state index in [-0.39, 0.29) is 18.2 Å². The molecule has 2 heterocycles. The van der Waals surface area contributed by atoms with Gasteiger partial charge in [0.2, 0.25) is 0 Å². The Morgan fingerprint density at radius 1 is 1.12 bits per heavy atom. The molecule has 5 nitrogen and oxygen atoms in total. The van der Waals surface area contributed by atoms with Crippen LogP contribution in [0.4, 0.5) is 18.0 Å². The molecule has 2 saturated heterocycles. The number of alkyl halides is 3. The number of nitrogens with one attached hydrogen (secondary N) is 1. The lowest BCUT2D eigenvalue weighted by molar-refractivity contribution is -0.148. The van der Waals surface area contributed by atoms with Crippen LogP contribution in [0.3, 0.4) is 0 Å². The highest BCUT2D eigenvalue weighted by atomic mass is 19.4. The Balaban J connectivity index is 1.62. The molecule has 2 aliphatic heterocycles. The summed E-state index contributed by atoms with van der Waals surface area (Å²) in [6.07, 6.45) is -0.417. The molecule has 0 spiro atoms. The van der Waals surface area contributed by atoms with Gasteiger partial charge in [-0.1, -0.05) is 12.8 Å². The lowest BCUT2D eigenvalue weighted by Crippen LogP contribution is -2.59. The maximum atomic E-state index is 12.8. The molecular formula is C17H27F3N2O3. The Hall–Kier alpha value is -1.02. The minimum Gasteiger partial charge on any atom is -0.377 e. The summed E-state index contributed by atoms with van der Waals surface area (Å²) in [5, 5.41) is 2.89. The van der Waals surface area contributed by atoms with E-state index in [0.29, 0.717) is 39.2 Å². The normalized spacial score (nSPS) is 34.1. The number of amides is 2. The summed E-state index contributed by atoms with van der Waals surface area (Å²) in [6.45, 7) is 2.02.